The summed E-state index contributed by atoms with van der Waals surface area (Å²) in [5.41, 5.74) is 1.17. The molecule has 2 heterocycles. The van der Waals surface area contributed by atoms with Gasteiger partial charge in [0.1, 0.15) is 6.61 Å². The first-order valence-corrected chi connectivity index (χ1v) is 10.1. The normalized spacial score (nSPS) is 27.5. The van der Waals surface area contributed by atoms with E-state index in [1.54, 1.807) is 18.7 Å². The molecule has 4 rings (SSSR count). The number of β-amino-alcohol motifs (C(OH)–C–C–N with tert-alkyl or cyclic N) is 1. The molecule has 2 aromatic rings. The van der Waals surface area contributed by atoms with Crippen molar-refractivity contribution in [2.75, 3.05) is 33.4 Å². The number of ether oxygens (including phenoxy) is 1. The number of aliphatic hydroxyl groups is 1. The van der Waals surface area contributed by atoms with Crippen LogP contribution in [0.25, 0.3) is 0 Å². The van der Waals surface area contributed by atoms with Gasteiger partial charge in [-0.05, 0) is 24.3 Å². The first-order valence-electron chi connectivity index (χ1n) is 10.1. The highest BCUT2D eigenvalue weighted by molar-refractivity contribution is 5.92. The number of aliphatic hydroxyl groups excluding tert-OH is 1. The summed E-state index contributed by atoms with van der Waals surface area (Å²) < 4.78 is 10.4. The SMILES string of the molecule is COCC(=O)N1C[C@H](O)[C@@]2(C1)[C@H](CNC(=O)c1oc(C)nc1C)[C@H]2c1ccccc1. The lowest BCUT2D eigenvalue weighted by molar-refractivity contribution is -0.134. The zero-order chi connectivity index (χ0) is 21.5. The van der Waals surface area contributed by atoms with Gasteiger partial charge >= 0.3 is 0 Å². The Balaban J connectivity index is 1.54. The quantitative estimate of drug-likeness (QED) is 0.739. The fraction of sp³-hybridized carbons (Fsp3) is 0.500. The maximum Gasteiger partial charge on any atom is 0.289 e. The summed E-state index contributed by atoms with van der Waals surface area (Å²) >= 11 is 0. The molecule has 0 radical (unpaired) electrons. The minimum absolute atomic E-state index is 0.00326. The van der Waals surface area contributed by atoms with E-state index in [1.807, 2.05) is 30.3 Å². The number of aromatic nitrogens is 1. The van der Waals surface area contributed by atoms with Crippen molar-refractivity contribution in [1.29, 1.82) is 0 Å². The number of nitrogens with zero attached hydrogens (tertiary/aromatic N) is 2. The third kappa shape index (κ3) is 3.40. The van der Waals surface area contributed by atoms with Crippen molar-refractivity contribution in [3.63, 3.8) is 0 Å². The molecular formula is C22H27N3O5. The van der Waals surface area contributed by atoms with Crippen molar-refractivity contribution in [3.05, 3.63) is 53.2 Å². The third-order valence-corrected chi connectivity index (χ3v) is 6.41. The predicted octanol–water partition coefficient (Wildman–Crippen LogP) is 1.27. The van der Waals surface area contributed by atoms with E-state index in [0.29, 0.717) is 24.7 Å². The fourth-order valence-corrected chi connectivity index (χ4v) is 5.03. The number of hydrogen-bond donors (Lipinski definition) is 2. The molecule has 4 atom stereocenters. The minimum Gasteiger partial charge on any atom is -0.436 e. The Morgan fingerprint density at radius 2 is 2.07 bits per heavy atom. The van der Waals surface area contributed by atoms with Crippen molar-refractivity contribution in [2.24, 2.45) is 11.3 Å². The lowest BCUT2D eigenvalue weighted by Gasteiger charge is -2.16. The molecule has 0 bridgehead atoms. The van der Waals surface area contributed by atoms with E-state index in [0.717, 1.165) is 5.56 Å². The van der Waals surface area contributed by atoms with Gasteiger partial charge in [-0.25, -0.2) is 4.98 Å². The zero-order valence-corrected chi connectivity index (χ0v) is 17.4. The Bertz CT molecular complexity index is 944. The lowest BCUT2D eigenvalue weighted by Crippen LogP contribution is -2.33. The number of rotatable bonds is 6. The van der Waals surface area contributed by atoms with Crippen LogP contribution in [0.15, 0.2) is 34.7 Å². The van der Waals surface area contributed by atoms with Gasteiger partial charge in [0.25, 0.3) is 5.91 Å². The zero-order valence-electron chi connectivity index (χ0n) is 17.4. The van der Waals surface area contributed by atoms with Gasteiger partial charge in [0, 0.05) is 39.1 Å². The maximum atomic E-state index is 12.6. The number of carbonyl (C=O) groups is 2. The van der Waals surface area contributed by atoms with Crippen molar-refractivity contribution < 1.29 is 23.8 Å². The number of aryl methyl sites for hydroxylation is 2. The molecule has 2 amide bonds. The Kier molecular flexibility index (Phi) is 5.38. The van der Waals surface area contributed by atoms with Crippen molar-refractivity contribution >= 4 is 11.8 Å². The number of nitrogens with one attached hydrogen (secondary N) is 1. The van der Waals surface area contributed by atoms with Crippen LogP contribution in [0, 0.1) is 25.2 Å². The molecule has 8 nitrogen and oxygen atoms in total. The molecule has 2 N–H and O–H groups in total. The monoisotopic (exact) mass is 413 g/mol. The summed E-state index contributed by atoms with van der Waals surface area (Å²) in [5.74, 6) is 0.253. The molecule has 1 saturated carbocycles. The van der Waals surface area contributed by atoms with E-state index in [2.05, 4.69) is 10.3 Å². The molecule has 1 aromatic carbocycles. The molecule has 1 aliphatic heterocycles. The second kappa shape index (κ2) is 7.85. The minimum atomic E-state index is -0.667. The van der Waals surface area contributed by atoms with Crippen LogP contribution < -0.4 is 5.32 Å². The van der Waals surface area contributed by atoms with Gasteiger partial charge in [-0.3, -0.25) is 9.59 Å². The second-order valence-corrected chi connectivity index (χ2v) is 8.19. The van der Waals surface area contributed by atoms with Crippen LogP contribution in [0.2, 0.25) is 0 Å². The predicted molar refractivity (Wildman–Crippen MR) is 108 cm³/mol. The smallest absolute Gasteiger partial charge is 0.289 e. The van der Waals surface area contributed by atoms with Crippen LogP contribution in [-0.4, -0.2) is 66.3 Å². The summed E-state index contributed by atoms with van der Waals surface area (Å²) in [6.07, 6.45) is -0.667. The number of amides is 2. The molecule has 1 spiro atoms. The fourth-order valence-electron chi connectivity index (χ4n) is 5.03. The van der Waals surface area contributed by atoms with Crippen LogP contribution in [0.1, 0.15) is 33.6 Å². The van der Waals surface area contributed by atoms with Crippen LogP contribution in [0.5, 0.6) is 0 Å². The standard InChI is InChI=1S/C22H27N3O5/c1-13-20(30-14(2)24-13)21(28)23-9-16-19(15-7-5-4-6-8-15)22(16)12-25(10-17(22)26)18(27)11-29-3/h4-8,16-17,19,26H,9-12H2,1-3H3,(H,23,28)/t16-,17+,19-,22-/m1/s1. The molecule has 30 heavy (non-hydrogen) atoms. The Labute approximate surface area is 175 Å². The van der Waals surface area contributed by atoms with E-state index in [-0.39, 0.29) is 42.6 Å². The summed E-state index contributed by atoms with van der Waals surface area (Å²) in [6.45, 7) is 4.51. The van der Waals surface area contributed by atoms with Gasteiger partial charge in [-0.15, -0.1) is 0 Å². The number of hydrogen-bond acceptors (Lipinski definition) is 6. The van der Waals surface area contributed by atoms with Gasteiger partial charge < -0.3 is 24.5 Å². The molecule has 160 valence electrons. The topological polar surface area (TPSA) is 105 Å². The van der Waals surface area contributed by atoms with Crippen molar-refractivity contribution in [3.8, 4) is 0 Å². The van der Waals surface area contributed by atoms with Gasteiger partial charge in [-0.1, -0.05) is 30.3 Å². The first-order chi connectivity index (χ1) is 14.4. The van der Waals surface area contributed by atoms with Gasteiger partial charge in [-0.2, -0.15) is 0 Å². The van der Waals surface area contributed by atoms with Crippen LogP contribution in [0.4, 0.5) is 0 Å². The van der Waals surface area contributed by atoms with Crippen LogP contribution in [0.3, 0.4) is 0 Å². The molecule has 2 aliphatic rings. The molecular weight excluding hydrogens is 386 g/mol. The summed E-state index contributed by atoms with van der Waals surface area (Å²) in [5, 5.41) is 13.9. The highest BCUT2D eigenvalue weighted by Gasteiger charge is 2.71. The van der Waals surface area contributed by atoms with Crippen molar-refractivity contribution in [1.82, 2.24) is 15.2 Å². The maximum absolute atomic E-state index is 12.6. The Morgan fingerprint density at radius 3 is 2.70 bits per heavy atom. The highest BCUT2D eigenvalue weighted by Crippen LogP contribution is 2.68. The van der Waals surface area contributed by atoms with E-state index < -0.39 is 11.5 Å². The number of benzene rings is 1. The number of carbonyl (C=O) groups excluding carboxylic acids is 2. The lowest BCUT2D eigenvalue weighted by atomic mass is 9.95. The largest absolute Gasteiger partial charge is 0.436 e. The van der Waals surface area contributed by atoms with E-state index in [9.17, 15) is 14.7 Å². The van der Waals surface area contributed by atoms with E-state index in [1.165, 1.54) is 7.11 Å². The van der Waals surface area contributed by atoms with E-state index >= 15 is 0 Å². The van der Waals surface area contributed by atoms with Crippen LogP contribution in [-0.2, 0) is 9.53 Å². The average Bonchev–Trinajstić information content (AvgIpc) is 3.03. The summed E-state index contributed by atoms with van der Waals surface area (Å²) in [4.78, 5) is 30.8. The third-order valence-electron chi connectivity index (χ3n) is 6.41. The number of methoxy groups -OCH3 is 1. The number of oxazole rings is 1. The summed E-state index contributed by atoms with van der Waals surface area (Å²) in [7, 11) is 1.48. The summed E-state index contributed by atoms with van der Waals surface area (Å²) in [6, 6.07) is 9.94. The van der Waals surface area contributed by atoms with Gasteiger partial charge in [0.15, 0.2) is 5.89 Å². The highest BCUT2D eigenvalue weighted by atomic mass is 16.5. The molecule has 2 fully saturated rings. The molecule has 8 heteroatoms. The Hall–Kier alpha value is -2.71. The average molecular weight is 413 g/mol. The van der Waals surface area contributed by atoms with Gasteiger partial charge in [0.2, 0.25) is 11.7 Å². The van der Waals surface area contributed by atoms with Crippen molar-refractivity contribution in [2.45, 2.75) is 25.9 Å². The van der Waals surface area contributed by atoms with Gasteiger partial charge in [0.05, 0.1) is 11.8 Å². The molecule has 0 unspecified atom stereocenters. The second-order valence-electron chi connectivity index (χ2n) is 8.19. The molecule has 1 aromatic heterocycles. The molecule has 1 saturated heterocycles. The Morgan fingerprint density at radius 1 is 1.33 bits per heavy atom. The van der Waals surface area contributed by atoms with Crippen LogP contribution >= 0.6 is 0 Å². The first kappa shape index (κ1) is 20.6. The van der Waals surface area contributed by atoms with E-state index in [4.69, 9.17) is 9.15 Å². The number of likely N-dealkylation sites (tertiary alicyclic amines) is 1. The molecule has 1 aliphatic carbocycles.